The lowest BCUT2D eigenvalue weighted by Crippen LogP contribution is -2.12. The molecule has 0 amide bonds. The van der Waals surface area contributed by atoms with Crippen molar-refractivity contribution >= 4 is 34.3 Å². The Bertz CT molecular complexity index is 1220. The van der Waals surface area contributed by atoms with E-state index >= 15 is 0 Å². The Balaban J connectivity index is 2.02. The molecule has 1 aromatic carbocycles. The number of esters is 1. The van der Waals surface area contributed by atoms with Crippen LogP contribution in [0.3, 0.4) is 0 Å². The van der Waals surface area contributed by atoms with Crippen LogP contribution in [0.4, 0.5) is 5.82 Å². The van der Waals surface area contributed by atoms with E-state index in [0.717, 1.165) is 5.39 Å². The topological polar surface area (TPSA) is 109 Å². The van der Waals surface area contributed by atoms with Gasteiger partial charge in [-0.05, 0) is 24.3 Å². The van der Waals surface area contributed by atoms with Gasteiger partial charge < -0.3 is 10.5 Å². The summed E-state index contributed by atoms with van der Waals surface area (Å²) in [5, 5.41) is 5.67. The fourth-order valence-electron chi connectivity index (χ4n) is 2.90. The second-order valence-electron chi connectivity index (χ2n) is 6.05. The second-order valence-corrected chi connectivity index (χ2v) is 6.46. The Morgan fingerprint density at radius 2 is 2.04 bits per heavy atom. The molecule has 4 rings (SSSR count). The maximum Gasteiger partial charge on any atom is 0.360 e. The third-order valence-corrected chi connectivity index (χ3v) is 4.48. The molecule has 0 saturated carbocycles. The molecular weight excluding hydrogens is 380 g/mol. The Kier molecular flexibility index (Phi) is 4.40. The zero-order valence-corrected chi connectivity index (χ0v) is 15.8. The van der Waals surface area contributed by atoms with E-state index in [1.807, 2.05) is 18.2 Å². The van der Waals surface area contributed by atoms with Gasteiger partial charge in [-0.1, -0.05) is 17.7 Å². The van der Waals surface area contributed by atoms with Gasteiger partial charge in [-0.3, -0.25) is 9.67 Å². The average Bonchev–Trinajstić information content (AvgIpc) is 3.13. The number of pyridine rings is 1. The minimum atomic E-state index is -0.674. The monoisotopic (exact) mass is 394 g/mol. The number of aromatic nitrogens is 5. The predicted octanol–water partition coefficient (Wildman–Crippen LogP) is 3.11. The highest BCUT2D eigenvalue weighted by molar-refractivity contribution is 6.35. The number of ether oxygens (including phenoxy) is 1. The number of nitrogens with zero attached hydrogens (tertiary/aromatic N) is 5. The molecule has 4 aromatic rings. The minimum Gasteiger partial charge on any atom is -0.464 e. The number of rotatable bonds is 3. The molecule has 3 heterocycles. The van der Waals surface area contributed by atoms with Gasteiger partial charge in [0.05, 0.1) is 23.3 Å². The summed E-state index contributed by atoms with van der Waals surface area (Å²) < 4.78 is 6.42. The summed E-state index contributed by atoms with van der Waals surface area (Å²) in [5.41, 5.74) is 8.64. The van der Waals surface area contributed by atoms with Crippen LogP contribution in [0.1, 0.15) is 10.5 Å². The van der Waals surface area contributed by atoms with E-state index in [4.69, 9.17) is 22.1 Å². The molecule has 0 radical (unpaired) electrons. The molecule has 9 heteroatoms. The normalized spacial score (nSPS) is 11.0. The van der Waals surface area contributed by atoms with Crippen LogP contribution in [-0.2, 0) is 11.8 Å². The quantitative estimate of drug-likeness (QED) is 0.531. The molecule has 0 aliphatic rings. The van der Waals surface area contributed by atoms with Crippen LogP contribution in [0, 0.1) is 0 Å². The van der Waals surface area contributed by atoms with E-state index in [-0.39, 0.29) is 11.5 Å². The van der Waals surface area contributed by atoms with Crippen molar-refractivity contribution in [1.29, 1.82) is 0 Å². The third-order valence-electron chi connectivity index (χ3n) is 4.19. The van der Waals surface area contributed by atoms with E-state index in [9.17, 15) is 4.79 Å². The van der Waals surface area contributed by atoms with Crippen LogP contribution in [0.5, 0.6) is 0 Å². The van der Waals surface area contributed by atoms with Crippen LogP contribution in [0.25, 0.3) is 33.5 Å². The number of carbonyl (C=O) groups is 1. The number of anilines is 1. The SMILES string of the molecule is COC(=O)c1nc(-c2cc(Cl)c3ncccc3c2)c(-c2ccn(C)n2)nc1N. The molecule has 8 nitrogen and oxygen atoms in total. The fraction of sp³-hybridized carbons (Fsp3) is 0.105. The summed E-state index contributed by atoms with van der Waals surface area (Å²) >= 11 is 6.43. The van der Waals surface area contributed by atoms with E-state index in [0.29, 0.717) is 33.2 Å². The van der Waals surface area contributed by atoms with Gasteiger partial charge in [0.15, 0.2) is 11.5 Å². The van der Waals surface area contributed by atoms with Crippen molar-refractivity contribution in [3.63, 3.8) is 0 Å². The highest BCUT2D eigenvalue weighted by atomic mass is 35.5. The molecular formula is C19H15ClN6O2. The largest absolute Gasteiger partial charge is 0.464 e. The van der Waals surface area contributed by atoms with E-state index < -0.39 is 5.97 Å². The number of nitrogen functional groups attached to an aromatic ring is 1. The molecule has 0 aliphatic heterocycles. The molecule has 0 atom stereocenters. The number of benzene rings is 1. The lowest BCUT2D eigenvalue weighted by atomic mass is 10.0. The first kappa shape index (κ1) is 17.9. The summed E-state index contributed by atoms with van der Waals surface area (Å²) in [5.74, 6) is -0.711. The van der Waals surface area contributed by atoms with Crippen molar-refractivity contribution in [2.24, 2.45) is 7.05 Å². The van der Waals surface area contributed by atoms with E-state index in [1.54, 1.807) is 36.3 Å². The van der Waals surface area contributed by atoms with Crippen LogP contribution in [0.15, 0.2) is 42.7 Å². The van der Waals surface area contributed by atoms with Crippen molar-refractivity contribution in [1.82, 2.24) is 24.7 Å². The molecule has 0 spiro atoms. The van der Waals surface area contributed by atoms with E-state index in [1.165, 1.54) is 7.11 Å². The number of hydrogen-bond donors (Lipinski definition) is 1. The maximum atomic E-state index is 12.1. The molecule has 2 N–H and O–H groups in total. The summed E-state index contributed by atoms with van der Waals surface area (Å²) in [6.07, 6.45) is 3.45. The van der Waals surface area contributed by atoms with Crippen LogP contribution >= 0.6 is 11.6 Å². The van der Waals surface area contributed by atoms with Crippen LogP contribution in [0.2, 0.25) is 5.02 Å². The third kappa shape index (κ3) is 3.03. The molecule has 28 heavy (non-hydrogen) atoms. The van der Waals surface area contributed by atoms with Gasteiger partial charge in [-0.15, -0.1) is 0 Å². The maximum absolute atomic E-state index is 12.1. The number of fused-ring (bicyclic) bond motifs is 1. The van der Waals surface area contributed by atoms with Crippen LogP contribution < -0.4 is 5.73 Å². The van der Waals surface area contributed by atoms with Gasteiger partial charge in [-0.2, -0.15) is 5.10 Å². The number of aryl methyl sites for hydroxylation is 1. The van der Waals surface area contributed by atoms with Gasteiger partial charge in [0.25, 0.3) is 0 Å². The number of halogens is 1. The summed E-state index contributed by atoms with van der Waals surface area (Å²) in [4.78, 5) is 25.2. The lowest BCUT2D eigenvalue weighted by molar-refractivity contribution is 0.0595. The predicted molar refractivity (Wildman–Crippen MR) is 106 cm³/mol. The Morgan fingerprint density at radius 3 is 2.75 bits per heavy atom. The van der Waals surface area contributed by atoms with Gasteiger partial charge in [0.2, 0.25) is 0 Å². The van der Waals surface area contributed by atoms with Gasteiger partial charge in [-0.25, -0.2) is 14.8 Å². The molecule has 0 fully saturated rings. The summed E-state index contributed by atoms with van der Waals surface area (Å²) in [6, 6.07) is 9.10. The van der Waals surface area contributed by atoms with Crippen molar-refractivity contribution in [2.45, 2.75) is 0 Å². The number of hydrogen-bond acceptors (Lipinski definition) is 7. The summed E-state index contributed by atoms with van der Waals surface area (Å²) in [7, 11) is 3.05. The molecule has 3 aromatic heterocycles. The zero-order chi connectivity index (χ0) is 19.8. The van der Waals surface area contributed by atoms with Gasteiger partial charge in [0, 0.05) is 30.4 Å². The fourth-order valence-corrected chi connectivity index (χ4v) is 3.18. The van der Waals surface area contributed by atoms with Crippen molar-refractivity contribution in [3.05, 3.63) is 53.4 Å². The van der Waals surface area contributed by atoms with Crippen LogP contribution in [-0.4, -0.2) is 37.8 Å². The smallest absolute Gasteiger partial charge is 0.360 e. The number of nitrogens with two attached hydrogens (primary N) is 1. The Morgan fingerprint density at radius 1 is 1.21 bits per heavy atom. The average molecular weight is 395 g/mol. The molecule has 0 aliphatic carbocycles. The highest BCUT2D eigenvalue weighted by Crippen LogP contribution is 2.34. The van der Waals surface area contributed by atoms with Gasteiger partial charge in [0.1, 0.15) is 11.4 Å². The molecule has 140 valence electrons. The molecule has 0 saturated heterocycles. The van der Waals surface area contributed by atoms with E-state index in [2.05, 4.69) is 20.1 Å². The van der Waals surface area contributed by atoms with Crippen molar-refractivity contribution in [2.75, 3.05) is 12.8 Å². The van der Waals surface area contributed by atoms with Crippen molar-refractivity contribution in [3.8, 4) is 22.6 Å². The highest BCUT2D eigenvalue weighted by Gasteiger charge is 2.22. The minimum absolute atomic E-state index is 0.0372. The van der Waals surface area contributed by atoms with Crippen molar-refractivity contribution < 1.29 is 9.53 Å². The molecule has 0 unspecified atom stereocenters. The summed E-state index contributed by atoms with van der Waals surface area (Å²) in [6.45, 7) is 0. The van der Waals surface area contributed by atoms with Gasteiger partial charge >= 0.3 is 5.97 Å². The first-order valence-electron chi connectivity index (χ1n) is 8.28. The number of carbonyl (C=O) groups excluding carboxylic acids is 1. The molecule has 0 bridgehead atoms. The number of methoxy groups -OCH3 is 1. The zero-order valence-electron chi connectivity index (χ0n) is 15.0. The first-order chi connectivity index (χ1) is 13.5. The standard InChI is InChI=1S/C19H15ClN6O2/c1-26-7-5-13(25-26)16-15(23-17(18(21)24-16)19(27)28-2)11-8-10-4-3-6-22-14(10)12(20)9-11/h3-9H,1-2H3,(H2,21,24). The first-order valence-corrected chi connectivity index (χ1v) is 8.66. The second kappa shape index (κ2) is 6.90. The Hall–Kier alpha value is -3.52. The lowest BCUT2D eigenvalue weighted by Gasteiger charge is -2.12. The Labute approximate surface area is 165 Å².